The van der Waals surface area contributed by atoms with Crippen LogP contribution in [-0.4, -0.2) is 61.2 Å². The average molecular weight is 476 g/mol. The van der Waals surface area contributed by atoms with Gasteiger partial charge in [-0.05, 0) is 49.9 Å². The van der Waals surface area contributed by atoms with Crippen LogP contribution in [0.1, 0.15) is 30.4 Å². The highest BCUT2D eigenvalue weighted by atomic mass is 32.2. The number of hydrogen-bond donors (Lipinski definition) is 0. The normalized spacial score (nSPS) is 14.8. The fourth-order valence-electron chi connectivity index (χ4n) is 3.67. The van der Waals surface area contributed by atoms with Crippen LogP contribution in [0, 0.1) is 24.0 Å². The zero-order chi connectivity index (χ0) is 24.0. The van der Waals surface area contributed by atoms with E-state index in [-0.39, 0.29) is 29.6 Å². The first-order valence-corrected chi connectivity index (χ1v) is 12.3. The first-order chi connectivity index (χ1) is 15.7. The van der Waals surface area contributed by atoms with Crippen molar-refractivity contribution in [3.05, 3.63) is 63.7 Å². The number of benzene rings is 2. The number of hydrogen-bond acceptors (Lipinski definition) is 6. The lowest BCUT2D eigenvalue weighted by Crippen LogP contribution is -2.50. The lowest BCUT2D eigenvalue weighted by molar-refractivity contribution is -0.385. The molecule has 0 atom stereocenters. The van der Waals surface area contributed by atoms with Crippen LogP contribution in [0.15, 0.2) is 47.4 Å². The molecule has 1 fully saturated rings. The van der Waals surface area contributed by atoms with E-state index in [0.717, 1.165) is 29.4 Å². The number of rotatable bonds is 9. The molecule has 9 nitrogen and oxygen atoms in total. The highest BCUT2D eigenvalue weighted by molar-refractivity contribution is 7.89. The van der Waals surface area contributed by atoms with Gasteiger partial charge in [-0.1, -0.05) is 18.2 Å². The maximum Gasteiger partial charge on any atom is 0.270 e. The Labute approximate surface area is 194 Å². The number of aryl methyl sites for hydroxylation is 2. The topological polar surface area (TPSA) is 110 Å². The van der Waals surface area contributed by atoms with Crippen molar-refractivity contribution >= 4 is 21.6 Å². The molecule has 0 spiro atoms. The molecule has 0 unspecified atom stereocenters. The molecule has 0 N–H and O–H groups in total. The van der Waals surface area contributed by atoms with E-state index in [1.807, 2.05) is 32.0 Å². The molecule has 2 aromatic carbocycles. The molecule has 0 saturated carbocycles. The van der Waals surface area contributed by atoms with Gasteiger partial charge in [-0.25, -0.2) is 8.42 Å². The highest BCUT2D eigenvalue weighted by Gasteiger charge is 2.30. The first kappa shape index (κ1) is 24.7. The van der Waals surface area contributed by atoms with Gasteiger partial charge in [0.05, 0.1) is 16.4 Å². The molecule has 1 saturated heterocycles. The minimum atomic E-state index is -3.85. The number of piperazine rings is 1. The van der Waals surface area contributed by atoms with Gasteiger partial charge in [0.1, 0.15) is 5.75 Å². The number of nitro benzene ring substituents is 1. The molecule has 1 amide bonds. The average Bonchev–Trinajstić information content (AvgIpc) is 2.81. The predicted molar refractivity (Wildman–Crippen MR) is 124 cm³/mol. The quantitative estimate of drug-likeness (QED) is 0.313. The van der Waals surface area contributed by atoms with E-state index in [4.69, 9.17) is 4.74 Å². The van der Waals surface area contributed by atoms with Gasteiger partial charge in [-0.3, -0.25) is 14.9 Å². The highest BCUT2D eigenvalue weighted by Crippen LogP contribution is 2.22. The number of ether oxygens (including phenoxy) is 1. The lowest BCUT2D eigenvalue weighted by Gasteiger charge is -2.34. The summed E-state index contributed by atoms with van der Waals surface area (Å²) in [6, 6.07) is 11.1. The fraction of sp³-hybridized carbons (Fsp3) is 0.435. The predicted octanol–water partition coefficient (Wildman–Crippen LogP) is 3.29. The second-order valence-electron chi connectivity index (χ2n) is 8.11. The number of carbonyl (C=O) groups is 1. The van der Waals surface area contributed by atoms with Crippen molar-refractivity contribution in [2.45, 2.75) is 38.0 Å². The van der Waals surface area contributed by atoms with Crippen molar-refractivity contribution in [3.8, 4) is 5.75 Å². The Balaban J connectivity index is 1.43. The van der Waals surface area contributed by atoms with E-state index in [0.29, 0.717) is 32.5 Å². The summed E-state index contributed by atoms with van der Waals surface area (Å²) in [5.41, 5.74) is 1.94. The van der Waals surface area contributed by atoms with Gasteiger partial charge in [0.2, 0.25) is 15.9 Å². The van der Waals surface area contributed by atoms with E-state index >= 15 is 0 Å². The van der Waals surface area contributed by atoms with Gasteiger partial charge >= 0.3 is 0 Å². The van der Waals surface area contributed by atoms with E-state index in [2.05, 4.69) is 0 Å². The van der Waals surface area contributed by atoms with Gasteiger partial charge in [0.15, 0.2) is 0 Å². The second-order valence-corrected chi connectivity index (χ2v) is 10.1. The molecule has 0 aliphatic carbocycles. The maximum atomic E-state index is 12.8. The molecule has 33 heavy (non-hydrogen) atoms. The summed E-state index contributed by atoms with van der Waals surface area (Å²) in [7, 11) is -3.85. The molecular weight excluding hydrogens is 446 g/mol. The molecule has 178 valence electrons. The van der Waals surface area contributed by atoms with Crippen molar-refractivity contribution in [2.75, 3.05) is 32.8 Å². The molecule has 0 radical (unpaired) electrons. The first-order valence-electron chi connectivity index (χ1n) is 10.9. The Bertz CT molecular complexity index is 1110. The summed E-state index contributed by atoms with van der Waals surface area (Å²) in [6.45, 7) is 5.46. The number of carbonyl (C=O) groups excluding carboxylic acids is 1. The summed E-state index contributed by atoms with van der Waals surface area (Å²) >= 11 is 0. The third-order valence-corrected chi connectivity index (χ3v) is 7.54. The fourth-order valence-corrected chi connectivity index (χ4v) is 5.13. The molecular formula is C23H29N3O6S. The zero-order valence-corrected chi connectivity index (χ0v) is 19.7. The smallest absolute Gasteiger partial charge is 0.270 e. The van der Waals surface area contributed by atoms with Gasteiger partial charge in [0, 0.05) is 44.7 Å². The molecule has 10 heteroatoms. The van der Waals surface area contributed by atoms with Crippen LogP contribution in [0.5, 0.6) is 5.75 Å². The van der Waals surface area contributed by atoms with Crippen LogP contribution in [-0.2, 0) is 14.8 Å². The number of nitrogens with zero attached hydrogens (tertiary/aromatic N) is 3. The molecule has 1 aliphatic rings. The number of amides is 1. The van der Waals surface area contributed by atoms with Crippen LogP contribution in [0.4, 0.5) is 5.69 Å². The summed E-state index contributed by atoms with van der Waals surface area (Å²) in [5.74, 6) is 0.858. The number of non-ortho nitro benzene ring substituents is 1. The summed E-state index contributed by atoms with van der Waals surface area (Å²) < 4.78 is 32.8. The van der Waals surface area contributed by atoms with Crippen molar-refractivity contribution in [1.82, 2.24) is 9.21 Å². The lowest BCUT2D eigenvalue weighted by atomic mass is 10.1. The van der Waals surface area contributed by atoms with Crippen LogP contribution >= 0.6 is 0 Å². The van der Waals surface area contributed by atoms with Crippen molar-refractivity contribution in [2.24, 2.45) is 0 Å². The SMILES string of the molecule is Cc1ccc(C)c(OCCCCC(=O)N2CCN(S(=O)(=O)c3cccc([N+](=O)[O-])c3)CC2)c1. The van der Waals surface area contributed by atoms with Gasteiger partial charge in [-0.15, -0.1) is 0 Å². The van der Waals surface area contributed by atoms with Crippen LogP contribution < -0.4 is 4.74 Å². The minimum Gasteiger partial charge on any atom is -0.493 e. The minimum absolute atomic E-state index is 0.00543. The van der Waals surface area contributed by atoms with E-state index in [9.17, 15) is 23.3 Å². The molecule has 1 aliphatic heterocycles. The Morgan fingerprint density at radius 1 is 1.06 bits per heavy atom. The summed E-state index contributed by atoms with van der Waals surface area (Å²) in [5, 5.41) is 10.9. The third-order valence-electron chi connectivity index (χ3n) is 5.64. The van der Waals surface area contributed by atoms with E-state index in [1.54, 1.807) is 4.90 Å². The Hall–Kier alpha value is -2.98. The van der Waals surface area contributed by atoms with Crippen molar-refractivity contribution in [1.29, 1.82) is 0 Å². The van der Waals surface area contributed by atoms with Gasteiger partial charge in [0.25, 0.3) is 5.69 Å². The number of sulfonamides is 1. The zero-order valence-electron chi connectivity index (χ0n) is 18.9. The van der Waals surface area contributed by atoms with Crippen LogP contribution in [0.3, 0.4) is 0 Å². The number of nitro groups is 1. The Kier molecular flexibility index (Phi) is 8.04. The Morgan fingerprint density at radius 2 is 1.79 bits per heavy atom. The van der Waals surface area contributed by atoms with Crippen LogP contribution in [0.2, 0.25) is 0 Å². The van der Waals surface area contributed by atoms with E-state index < -0.39 is 14.9 Å². The van der Waals surface area contributed by atoms with Crippen molar-refractivity contribution < 1.29 is 22.9 Å². The van der Waals surface area contributed by atoms with Crippen molar-refractivity contribution in [3.63, 3.8) is 0 Å². The number of unbranched alkanes of at least 4 members (excludes halogenated alkanes) is 1. The monoisotopic (exact) mass is 475 g/mol. The Morgan fingerprint density at radius 3 is 2.48 bits per heavy atom. The molecule has 2 aromatic rings. The molecule has 0 aromatic heterocycles. The molecule has 3 rings (SSSR count). The van der Waals surface area contributed by atoms with Gasteiger partial charge in [-0.2, -0.15) is 4.31 Å². The largest absolute Gasteiger partial charge is 0.493 e. The van der Waals surface area contributed by atoms with E-state index in [1.165, 1.54) is 22.5 Å². The summed E-state index contributed by atoms with van der Waals surface area (Å²) in [6.07, 6.45) is 1.82. The third kappa shape index (κ3) is 6.29. The summed E-state index contributed by atoms with van der Waals surface area (Å²) in [4.78, 5) is 24.4. The second kappa shape index (κ2) is 10.8. The molecule has 0 bridgehead atoms. The van der Waals surface area contributed by atoms with Crippen LogP contribution in [0.25, 0.3) is 0 Å². The standard InChI is InChI=1S/C23H29N3O6S/c1-18-9-10-19(2)22(16-18)32-15-4-3-8-23(27)24-11-13-25(14-12-24)33(30,31)21-7-5-6-20(17-21)26(28)29/h5-7,9-10,16-17H,3-4,8,11-15H2,1-2H3. The maximum absolute atomic E-state index is 12.8. The molecule has 1 heterocycles. The van der Waals surface area contributed by atoms with Gasteiger partial charge < -0.3 is 9.64 Å².